The summed E-state index contributed by atoms with van der Waals surface area (Å²) in [6.07, 6.45) is 5.12. The van der Waals surface area contributed by atoms with E-state index < -0.39 is 5.54 Å². The van der Waals surface area contributed by atoms with Crippen molar-refractivity contribution in [3.63, 3.8) is 0 Å². The number of nitrogens with one attached hydrogen (secondary N) is 1. The van der Waals surface area contributed by atoms with Crippen LogP contribution in [0.5, 0.6) is 0 Å². The SMILES string of the molecule is COCCN(C(C)C)C1CCC(NC2CC2)(C(=O)OC)C1. The summed E-state index contributed by atoms with van der Waals surface area (Å²) in [6.45, 7) is 6.07. The van der Waals surface area contributed by atoms with E-state index in [1.165, 1.54) is 20.0 Å². The standard InChI is InChI=1S/C16H30N2O3/c1-12(2)18(9-10-20-3)14-7-8-16(11-14,15(19)21-4)17-13-5-6-13/h12-14,17H,5-11H2,1-4H3. The van der Waals surface area contributed by atoms with E-state index in [-0.39, 0.29) is 5.97 Å². The van der Waals surface area contributed by atoms with Crippen LogP contribution < -0.4 is 5.32 Å². The van der Waals surface area contributed by atoms with Crippen LogP contribution in [0.25, 0.3) is 0 Å². The third-order valence-electron chi connectivity index (χ3n) is 4.81. The van der Waals surface area contributed by atoms with Crippen LogP contribution in [0.4, 0.5) is 0 Å². The van der Waals surface area contributed by atoms with Gasteiger partial charge in [-0.05, 0) is 46.0 Å². The molecule has 0 amide bonds. The predicted octanol–water partition coefficient (Wildman–Crippen LogP) is 1.56. The molecule has 2 rings (SSSR count). The molecule has 21 heavy (non-hydrogen) atoms. The lowest BCUT2D eigenvalue weighted by molar-refractivity contribution is -0.148. The number of hydrogen-bond acceptors (Lipinski definition) is 5. The van der Waals surface area contributed by atoms with E-state index in [1.54, 1.807) is 7.11 Å². The van der Waals surface area contributed by atoms with Crippen LogP contribution in [0.2, 0.25) is 0 Å². The Morgan fingerprint density at radius 3 is 2.57 bits per heavy atom. The Morgan fingerprint density at radius 1 is 1.33 bits per heavy atom. The zero-order chi connectivity index (χ0) is 15.5. The number of carbonyl (C=O) groups is 1. The van der Waals surface area contributed by atoms with Crippen LogP contribution in [0.15, 0.2) is 0 Å². The van der Waals surface area contributed by atoms with Gasteiger partial charge in [-0.2, -0.15) is 0 Å². The van der Waals surface area contributed by atoms with Crippen LogP contribution in [0, 0.1) is 0 Å². The van der Waals surface area contributed by atoms with E-state index in [2.05, 4.69) is 24.1 Å². The topological polar surface area (TPSA) is 50.8 Å². The Hall–Kier alpha value is -0.650. The molecule has 0 heterocycles. The van der Waals surface area contributed by atoms with Gasteiger partial charge in [0.15, 0.2) is 0 Å². The normalized spacial score (nSPS) is 29.3. The monoisotopic (exact) mass is 298 g/mol. The van der Waals surface area contributed by atoms with Gasteiger partial charge in [0.2, 0.25) is 0 Å². The Balaban J connectivity index is 2.04. The maximum absolute atomic E-state index is 12.3. The van der Waals surface area contributed by atoms with E-state index >= 15 is 0 Å². The van der Waals surface area contributed by atoms with E-state index in [0.717, 1.165) is 32.4 Å². The molecule has 0 aliphatic heterocycles. The molecule has 122 valence electrons. The van der Waals surface area contributed by atoms with Crippen molar-refractivity contribution in [2.24, 2.45) is 0 Å². The van der Waals surface area contributed by atoms with Crippen molar-refractivity contribution in [1.82, 2.24) is 10.2 Å². The molecule has 0 spiro atoms. The summed E-state index contributed by atoms with van der Waals surface area (Å²) < 4.78 is 10.3. The first-order valence-electron chi connectivity index (χ1n) is 8.13. The fourth-order valence-corrected chi connectivity index (χ4v) is 3.55. The van der Waals surface area contributed by atoms with Gasteiger partial charge in [0.25, 0.3) is 0 Å². The Kier molecular flexibility index (Phi) is 5.63. The lowest BCUT2D eigenvalue weighted by atomic mass is 9.96. The molecular weight excluding hydrogens is 268 g/mol. The van der Waals surface area contributed by atoms with Gasteiger partial charge in [0.05, 0.1) is 13.7 Å². The minimum atomic E-state index is -0.471. The van der Waals surface area contributed by atoms with Gasteiger partial charge in [0, 0.05) is 31.8 Å². The van der Waals surface area contributed by atoms with Gasteiger partial charge in [-0.1, -0.05) is 0 Å². The number of methoxy groups -OCH3 is 2. The van der Waals surface area contributed by atoms with Crippen LogP contribution in [0.1, 0.15) is 46.0 Å². The fraction of sp³-hybridized carbons (Fsp3) is 0.938. The van der Waals surface area contributed by atoms with E-state index in [0.29, 0.717) is 18.1 Å². The number of hydrogen-bond donors (Lipinski definition) is 1. The molecule has 0 bridgehead atoms. The highest BCUT2D eigenvalue weighted by molar-refractivity contribution is 5.81. The Labute approximate surface area is 128 Å². The van der Waals surface area contributed by atoms with Gasteiger partial charge in [-0.25, -0.2) is 0 Å². The average Bonchev–Trinajstić information content (AvgIpc) is 3.16. The first kappa shape index (κ1) is 16.7. The molecule has 5 heteroatoms. The molecule has 0 radical (unpaired) electrons. The van der Waals surface area contributed by atoms with Crippen molar-refractivity contribution in [3.8, 4) is 0 Å². The molecular formula is C16H30N2O3. The summed E-state index contributed by atoms with van der Waals surface area (Å²) in [7, 11) is 3.23. The van der Waals surface area contributed by atoms with Crippen molar-refractivity contribution in [1.29, 1.82) is 0 Å². The number of carbonyl (C=O) groups excluding carboxylic acids is 1. The first-order chi connectivity index (χ1) is 10.0. The highest BCUT2D eigenvalue weighted by Crippen LogP contribution is 2.37. The molecule has 0 aromatic rings. The van der Waals surface area contributed by atoms with Crippen LogP contribution in [0.3, 0.4) is 0 Å². The van der Waals surface area contributed by atoms with Crippen molar-refractivity contribution in [3.05, 3.63) is 0 Å². The molecule has 0 aromatic carbocycles. The number of ether oxygens (including phenoxy) is 2. The lowest BCUT2D eigenvalue weighted by Gasteiger charge is -2.34. The van der Waals surface area contributed by atoms with E-state index in [4.69, 9.17) is 9.47 Å². The van der Waals surface area contributed by atoms with Gasteiger partial charge >= 0.3 is 5.97 Å². The summed E-state index contributed by atoms with van der Waals surface area (Å²) in [5.41, 5.74) is -0.471. The summed E-state index contributed by atoms with van der Waals surface area (Å²) in [5, 5.41) is 3.56. The number of nitrogens with zero attached hydrogens (tertiary/aromatic N) is 1. The maximum atomic E-state index is 12.3. The quantitative estimate of drug-likeness (QED) is 0.689. The van der Waals surface area contributed by atoms with E-state index in [9.17, 15) is 4.79 Å². The van der Waals surface area contributed by atoms with Gasteiger partial charge in [-0.15, -0.1) is 0 Å². The highest BCUT2D eigenvalue weighted by atomic mass is 16.5. The second-order valence-electron chi connectivity index (χ2n) is 6.71. The molecule has 2 saturated carbocycles. The summed E-state index contributed by atoms with van der Waals surface area (Å²) >= 11 is 0. The molecule has 2 fully saturated rings. The van der Waals surface area contributed by atoms with Crippen LogP contribution in [-0.2, 0) is 14.3 Å². The van der Waals surface area contributed by atoms with Crippen molar-refractivity contribution in [2.45, 2.75) is 69.6 Å². The second kappa shape index (κ2) is 7.07. The molecule has 2 atom stereocenters. The zero-order valence-electron chi connectivity index (χ0n) is 13.9. The summed E-state index contributed by atoms with van der Waals surface area (Å²) in [5.74, 6) is -0.0904. The van der Waals surface area contributed by atoms with E-state index in [1.807, 2.05) is 0 Å². The summed E-state index contributed by atoms with van der Waals surface area (Å²) in [4.78, 5) is 14.8. The fourth-order valence-electron chi connectivity index (χ4n) is 3.55. The zero-order valence-corrected chi connectivity index (χ0v) is 13.9. The second-order valence-corrected chi connectivity index (χ2v) is 6.71. The van der Waals surface area contributed by atoms with Crippen LogP contribution >= 0.6 is 0 Å². The maximum Gasteiger partial charge on any atom is 0.326 e. The average molecular weight is 298 g/mol. The van der Waals surface area contributed by atoms with Gasteiger partial charge in [-0.3, -0.25) is 15.0 Å². The minimum absolute atomic E-state index is 0.0904. The molecule has 1 N–H and O–H groups in total. The number of esters is 1. The van der Waals surface area contributed by atoms with Crippen molar-refractivity contribution >= 4 is 5.97 Å². The largest absolute Gasteiger partial charge is 0.468 e. The van der Waals surface area contributed by atoms with Crippen molar-refractivity contribution < 1.29 is 14.3 Å². The molecule has 2 unspecified atom stereocenters. The Morgan fingerprint density at radius 2 is 2.05 bits per heavy atom. The third-order valence-corrected chi connectivity index (χ3v) is 4.81. The molecule has 5 nitrogen and oxygen atoms in total. The van der Waals surface area contributed by atoms with Crippen LogP contribution in [-0.4, -0.2) is 61.9 Å². The first-order valence-corrected chi connectivity index (χ1v) is 8.13. The molecule has 0 aromatic heterocycles. The molecule has 2 aliphatic rings. The van der Waals surface area contributed by atoms with Gasteiger partial charge < -0.3 is 9.47 Å². The third kappa shape index (κ3) is 3.96. The molecule has 0 saturated heterocycles. The highest BCUT2D eigenvalue weighted by Gasteiger charge is 2.50. The smallest absolute Gasteiger partial charge is 0.326 e. The summed E-state index contributed by atoms with van der Waals surface area (Å²) in [6, 6.07) is 1.39. The lowest BCUT2D eigenvalue weighted by Crippen LogP contribution is -2.53. The van der Waals surface area contributed by atoms with Crippen molar-refractivity contribution in [2.75, 3.05) is 27.4 Å². The molecule has 2 aliphatic carbocycles. The minimum Gasteiger partial charge on any atom is -0.468 e. The van der Waals surface area contributed by atoms with Gasteiger partial charge in [0.1, 0.15) is 5.54 Å². The Bertz CT molecular complexity index is 357. The predicted molar refractivity (Wildman–Crippen MR) is 82.3 cm³/mol. The number of rotatable bonds is 8.